The van der Waals surface area contributed by atoms with Gasteiger partial charge < -0.3 is 15.7 Å². The Bertz CT molecular complexity index is 380. The largest absolute Gasteiger partial charge is 0.505 e. The number of phenols is 1. The number of rotatable bonds is 5. The molecule has 0 saturated heterocycles. The van der Waals surface area contributed by atoms with Crippen molar-refractivity contribution < 1.29 is 9.50 Å². The molecule has 0 aromatic heterocycles. The van der Waals surface area contributed by atoms with Gasteiger partial charge in [-0.05, 0) is 44.6 Å². The molecule has 3 N–H and O–H groups in total. The molecule has 0 aliphatic heterocycles. The van der Waals surface area contributed by atoms with Crippen LogP contribution in [0.25, 0.3) is 0 Å². The third-order valence-electron chi connectivity index (χ3n) is 2.78. The van der Waals surface area contributed by atoms with Crippen molar-refractivity contribution in [1.29, 1.82) is 0 Å². The summed E-state index contributed by atoms with van der Waals surface area (Å²) in [5, 5.41) is 9.72. The maximum absolute atomic E-state index is 13.6. The molecule has 0 heterocycles. The zero-order valence-electron chi connectivity index (χ0n) is 10.7. The number of hydrogen-bond acceptors (Lipinski definition) is 3. The van der Waals surface area contributed by atoms with Crippen LogP contribution in [0, 0.1) is 5.82 Å². The van der Waals surface area contributed by atoms with Gasteiger partial charge >= 0.3 is 0 Å². The van der Waals surface area contributed by atoms with Gasteiger partial charge in [-0.3, -0.25) is 0 Å². The van der Waals surface area contributed by atoms with Gasteiger partial charge in [0.1, 0.15) is 0 Å². The van der Waals surface area contributed by atoms with Crippen LogP contribution in [0.15, 0.2) is 12.1 Å². The Hall–Kier alpha value is -1.13. The van der Waals surface area contributed by atoms with Gasteiger partial charge in [-0.25, -0.2) is 4.39 Å². The van der Waals surface area contributed by atoms with E-state index in [4.69, 9.17) is 5.73 Å². The number of aromatic hydroxyl groups is 1. The maximum atomic E-state index is 13.6. The number of nitrogens with zero attached hydrogens (tertiary/aromatic N) is 1. The maximum Gasteiger partial charge on any atom is 0.165 e. The average Bonchev–Trinajstić information content (AvgIpc) is 2.22. The Morgan fingerprint density at radius 1 is 1.41 bits per heavy atom. The van der Waals surface area contributed by atoms with Crippen molar-refractivity contribution in [2.75, 3.05) is 20.6 Å². The Morgan fingerprint density at radius 3 is 2.59 bits per heavy atom. The van der Waals surface area contributed by atoms with Gasteiger partial charge in [0.15, 0.2) is 11.6 Å². The standard InChI is InChI=1S/C13H21FN2O/c1-9(4-5-15)11-6-10(8-16(2)3)7-12(14)13(11)17/h6-7,9,17H,4-5,8,15H2,1-3H3. The average molecular weight is 240 g/mol. The lowest BCUT2D eigenvalue weighted by atomic mass is 9.94. The summed E-state index contributed by atoms with van der Waals surface area (Å²) in [7, 11) is 3.85. The quantitative estimate of drug-likeness (QED) is 0.828. The summed E-state index contributed by atoms with van der Waals surface area (Å²) < 4.78 is 13.6. The lowest BCUT2D eigenvalue weighted by molar-refractivity contribution is 0.394. The molecule has 0 aliphatic carbocycles. The highest BCUT2D eigenvalue weighted by molar-refractivity contribution is 5.40. The van der Waals surface area contributed by atoms with Gasteiger partial charge in [0.25, 0.3) is 0 Å². The number of nitrogens with two attached hydrogens (primary N) is 1. The van der Waals surface area contributed by atoms with E-state index < -0.39 is 5.82 Å². The molecular formula is C13H21FN2O. The van der Waals surface area contributed by atoms with E-state index in [1.807, 2.05) is 32.0 Å². The minimum absolute atomic E-state index is 0.0663. The minimum atomic E-state index is -0.553. The van der Waals surface area contributed by atoms with E-state index in [2.05, 4.69) is 0 Å². The van der Waals surface area contributed by atoms with Crippen molar-refractivity contribution in [2.24, 2.45) is 5.73 Å². The molecule has 1 aromatic rings. The molecule has 0 saturated carbocycles. The second kappa shape index (κ2) is 5.98. The highest BCUT2D eigenvalue weighted by atomic mass is 19.1. The van der Waals surface area contributed by atoms with E-state index in [-0.39, 0.29) is 11.7 Å². The van der Waals surface area contributed by atoms with Crippen molar-refractivity contribution in [2.45, 2.75) is 25.8 Å². The summed E-state index contributed by atoms with van der Waals surface area (Å²) in [5.74, 6) is -0.728. The van der Waals surface area contributed by atoms with Crippen molar-refractivity contribution >= 4 is 0 Å². The second-order valence-corrected chi connectivity index (χ2v) is 4.73. The summed E-state index contributed by atoms with van der Waals surface area (Å²) in [6.45, 7) is 3.13. The normalized spacial score (nSPS) is 13.1. The molecule has 0 radical (unpaired) electrons. The van der Waals surface area contributed by atoms with Gasteiger partial charge in [0.2, 0.25) is 0 Å². The third-order valence-corrected chi connectivity index (χ3v) is 2.78. The Balaban J connectivity index is 3.06. The zero-order chi connectivity index (χ0) is 13.0. The minimum Gasteiger partial charge on any atom is -0.505 e. The SMILES string of the molecule is CC(CCN)c1cc(CN(C)C)cc(F)c1O. The molecular weight excluding hydrogens is 219 g/mol. The van der Waals surface area contributed by atoms with E-state index in [0.717, 1.165) is 12.0 Å². The van der Waals surface area contributed by atoms with Crippen molar-refractivity contribution in [1.82, 2.24) is 4.90 Å². The molecule has 1 rings (SSSR count). The van der Waals surface area contributed by atoms with E-state index in [1.54, 1.807) is 0 Å². The van der Waals surface area contributed by atoms with Gasteiger partial charge in [0, 0.05) is 12.1 Å². The number of phenolic OH excluding ortho intramolecular Hbond substituents is 1. The molecule has 1 unspecified atom stereocenters. The van der Waals surface area contributed by atoms with Crippen LogP contribution in [0.4, 0.5) is 4.39 Å². The van der Waals surface area contributed by atoms with Crippen LogP contribution in [0.1, 0.15) is 30.4 Å². The van der Waals surface area contributed by atoms with Crippen LogP contribution in [0.5, 0.6) is 5.75 Å². The Kier molecular flexibility index (Phi) is 4.90. The molecule has 3 nitrogen and oxygen atoms in total. The fraction of sp³-hybridized carbons (Fsp3) is 0.538. The van der Waals surface area contributed by atoms with Crippen LogP contribution in [-0.4, -0.2) is 30.6 Å². The van der Waals surface area contributed by atoms with Gasteiger partial charge in [-0.1, -0.05) is 13.0 Å². The summed E-state index contributed by atoms with van der Waals surface area (Å²) in [4.78, 5) is 1.96. The molecule has 0 bridgehead atoms. The molecule has 0 fully saturated rings. The lowest BCUT2D eigenvalue weighted by Gasteiger charge is -2.16. The second-order valence-electron chi connectivity index (χ2n) is 4.73. The van der Waals surface area contributed by atoms with Crippen LogP contribution >= 0.6 is 0 Å². The van der Waals surface area contributed by atoms with Crippen molar-refractivity contribution in [3.8, 4) is 5.75 Å². The third kappa shape index (κ3) is 3.68. The number of halogens is 1. The van der Waals surface area contributed by atoms with Gasteiger partial charge in [-0.15, -0.1) is 0 Å². The predicted octanol–water partition coefficient (Wildman–Crippen LogP) is 2.05. The van der Waals surface area contributed by atoms with Crippen LogP contribution < -0.4 is 5.73 Å². The first-order chi connectivity index (χ1) is 7.95. The van der Waals surface area contributed by atoms with Gasteiger partial charge in [-0.2, -0.15) is 0 Å². The molecule has 0 spiro atoms. The molecule has 0 aliphatic rings. The molecule has 0 amide bonds. The van der Waals surface area contributed by atoms with E-state index in [0.29, 0.717) is 18.7 Å². The zero-order valence-corrected chi connectivity index (χ0v) is 10.7. The van der Waals surface area contributed by atoms with E-state index in [9.17, 15) is 9.50 Å². The fourth-order valence-electron chi connectivity index (χ4n) is 1.92. The van der Waals surface area contributed by atoms with Crippen molar-refractivity contribution in [3.63, 3.8) is 0 Å². The lowest BCUT2D eigenvalue weighted by Crippen LogP contribution is -2.12. The summed E-state index contributed by atoms with van der Waals surface area (Å²) in [6.07, 6.45) is 0.735. The topological polar surface area (TPSA) is 49.5 Å². The number of hydrogen-bond donors (Lipinski definition) is 2. The molecule has 1 atom stereocenters. The summed E-state index contributed by atoms with van der Waals surface area (Å²) >= 11 is 0. The van der Waals surface area contributed by atoms with Crippen molar-refractivity contribution in [3.05, 3.63) is 29.1 Å². The Morgan fingerprint density at radius 2 is 2.06 bits per heavy atom. The molecule has 1 aromatic carbocycles. The van der Waals surface area contributed by atoms with E-state index >= 15 is 0 Å². The monoisotopic (exact) mass is 240 g/mol. The van der Waals surface area contributed by atoms with E-state index in [1.165, 1.54) is 6.07 Å². The van der Waals surface area contributed by atoms with Gasteiger partial charge in [0.05, 0.1) is 0 Å². The summed E-state index contributed by atoms with van der Waals surface area (Å²) in [5.41, 5.74) is 7.00. The first-order valence-electron chi connectivity index (χ1n) is 5.81. The first kappa shape index (κ1) is 13.9. The molecule has 17 heavy (non-hydrogen) atoms. The highest BCUT2D eigenvalue weighted by Gasteiger charge is 2.15. The first-order valence-corrected chi connectivity index (χ1v) is 5.81. The fourth-order valence-corrected chi connectivity index (χ4v) is 1.92. The molecule has 96 valence electrons. The Labute approximate surface area is 102 Å². The highest BCUT2D eigenvalue weighted by Crippen LogP contribution is 2.31. The van der Waals surface area contributed by atoms with Crippen LogP contribution in [0.2, 0.25) is 0 Å². The van der Waals surface area contributed by atoms with Crippen LogP contribution in [-0.2, 0) is 6.54 Å². The molecule has 4 heteroatoms. The predicted molar refractivity (Wildman–Crippen MR) is 67.5 cm³/mol. The number of benzene rings is 1. The summed E-state index contributed by atoms with van der Waals surface area (Å²) in [6, 6.07) is 3.24. The van der Waals surface area contributed by atoms with Crippen LogP contribution in [0.3, 0.4) is 0 Å². The smallest absolute Gasteiger partial charge is 0.165 e.